The number of hydrogen-bond acceptors (Lipinski definition) is 6. The van der Waals surface area contributed by atoms with Gasteiger partial charge in [-0.1, -0.05) is 0 Å². The predicted molar refractivity (Wildman–Crippen MR) is 91.2 cm³/mol. The van der Waals surface area contributed by atoms with Gasteiger partial charge in [-0.3, -0.25) is 19.9 Å². The summed E-state index contributed by atoms with van der Waals surface area (Å²) in [6.45, 7) is -1.24. The van der Waals surface area contributed by atoms with Crippen LogP contribution in [0.1, 0.15) is 30.1 Å². The van der Waals surface area contributed by atoms with Crippen molar-refractivity contribution < 1.29 is 9.18 Å². The molecule has 0 saturated heterocycles. The van der Waals surface area contributed by atoms with E-state index in [0.717, 1.165) is 23.2 Å². The molecule has 26 heavy (non-hydrogen) atoms. The third-order valence-electron chi connectivity index (χ3n) is 4.13. The second kappa shape index (κ2) is 6.58. The van der Waals surface area contributed by atoms with Gasteiger partial charge in [0.1, 0.15) is 24.4 Å². The summed E-state index contributed by atoms with van der Waals surface area (Å²) >= 11 is 0. The number of fused-ring (bicyclic) bond motifs is 1. The third-order valence-corrected chi connectivity index (χ3v) is 4.13. The molecule has 0 aromatic carbocycles. The van der Waals surface area contributed by atoms with Gasteiger partial charge in [0.05, 0.1) is 5.39 Å². The number of rotatable bonds is 5. The summed E-state index contributed by atoms with van der Waals surface area (Å²) < 4.78 is 14.4. The highest BCUT2D eigenvalue weighted by atomic mass is 19.1. The number of hydrogen-bond donors (Lipinski definition) is 1. The van der Waals surface area contributed by atoms with Crippen LogP contribution in [0.5, 0.6) is 0 Å². The van der Waals surface area contributed by atoms with E-state index < -0.39 is 18.1 Å². The minimum absolute atomic E-state index is 0.0471. The molecular weight excluding hydrogens is 339 g/mol. The topological polar surface area (TPSA) is 103 Å². The average molecular weight is 354 g/mol. The van der Waals surface area contributed by atoms with Gasteiger partial charge in [-0.2, -0.15) is 5.10 Å². The van der Waals surface area contributed by atoms with Crippen LogP contribution >= 0.6 is 0 Å². The van der Waals surface area contributed by atoms with E-state index in [2.05, 4.69) is 25.4 Å². The minimum Gasteiger partial charge on any atom is -0.293 e. The Balaban J connectivity index is 1.66. The van der Waals surface area contributed by atoms with Gasteiger partial charge in [-0.25, -0.2) is 19.0 Å². The van der Waals surface area contributed by atoms with Crippen LogP contribution in [0.25, 0.3) is 10.9 Å². The van der Waals surface area contributed by atoms with Crippen molar-refractivity contribution in [3.8, 4) is 0 Å². The SMILES string of the molecule is O=C(Cn1nc(CF)c2nc(C3CC3)ccc2c1=O)Nc1ncccn1. The lowest BCUT2D eigenvalue weighted by Gasteiger charge is -2.10. The standard InChI is InChI=1S/C17H15FN6O2/c18-8-13-15-11(4-5-12(21-15)10-2-3-10)16(26)24(23-13)9-14(25)22-17-19-6-1-7-20-17/h1,4-7,10H,2-3,8-9H2,(H,19,20,22,25). The smallest absolute Gasteiger partial charge is 0.276 e. The fraction of sp³-hybridized carbons (Fsp3) is 0.294. The molecule has 0 bridgehead atoms. The molecule has 0 unspecified atom stereocenters. The van der Waals surface area contributed by atoms with Crippen LogP contribution in [-0.4, -0.2) is 30.6 Å². The fourth-order valence-corrected chi connectivity index (χ4v) is 2.71. The van der Waals surface area contributed by atoms with Gasteiger partial charge in [0.15, 0.2) is 0 Å². The lowest BCUT2D eigenvalue weighted by Crippen LogP contribution is -2.31. The van der Waals surface area contributed by atoms with Crippen molar-refractivity contribution >= 4 is 22.8 Å². The van der Waals surface area contributed by atoms with Crippen molar-refractivity contribution in [2.75, 3.05) is 5.32 Å². The van der Waals surface area contributed by atoms with Gasteiger partial charge in [-0.05, 0) is 31.0 Å². The molecule has 1 aliphatic carbocycles. The van der Waals surface area contributed by atoms with Gasteiger partial charge in [0.25, 0.3) is 5.56 Å². The van der Waals surface area contributed by atoms with E-state index in [1.165, 1.54) is 12.4 Å². The summed E-state index contributed by atoms with van der Waals surface area (Å²) in [5.41, 5.74) is 0.678. The van der Waals surface area contributed by atoms with Gasteiger partial charge in [0.2, 0.25) is 11.9 Å². The summed E-state index contributed by atoms with van der Waals surface area (Å²) in [7, 11) is 0. The Kier molecular flexibility index (Phi) is 4.11. The number of aromatic nitrogens is 5. The molecule has 8 nitrogen and oxygen atoms in total. The molecule has 3 aromatic rings. The number of nitrogens with one attached hydrogen (secondary N) is 1. The Morgan fingerprint density at radius 3 is 2.73 bits per heavy atom. The Labute approximate surface area is 147 Å². The molecule has 0 radical (unpaired) electrons. The maximum Gasteiger partial charge on any atom is 0.276 e. The van der Waals surface area contributed by atoms with E-state index in [1.54, 1.807) is 18.2 Å². The van der Waals surface area contributed by atoms with Crippen molar-refractivity contribution in [1.29, 1.82) is 0 Å². The number of alkyl halides is 1. The summed E-state index contributed by atoms with van der Waals surface area (Å²) in [5.74, 6) is -0.0312. The zero-order valence-corrected chi connectivity index (χ0v) is 13.7. The van der Waals surface area contributed by atoms with E-state index >= 15 is 0 Å². The lowest BCUT2D eigenvalue weighted by atomic mass is 10.2. The zero-order valence-electron chi connectivity index (χ0n) is 13.7. The molecule has 1 fully saturated rings. The van der Waals surface area contributed by atoms with Crippen molar-refractivity contribution in [2.45, 2.75) is 32.0 Å². The maximum atomic E-state index is 13.5. The first-order valence-electron chi connectivity index (χ1n) is 8.19. The van der Waals surface area contributed by atoms with Crippen molar-refractivity contribution in [1.82, 2.24) is 24.7 Å². The summed E-state index contributed by atoms with van der Waals surface area (Å²) in [6.07, 6.45) is 5.06. The highest BCUT2D eigenvalue weighted by molar-refractivity contribution is 5.89. The molecule has 3 heterocycles. The van der Waals surface area contributed by atoms with Crippen molar-refractivity contribution in [3.05, 3.63) is 52.3 Å². The number of anilines is 1. The van der Waals surface area contributed by atoms with Crippen molar-refractivity contribution in [3.63, 3.8) is 0 Å². The quantitative estimate of drug-likeness (QED) is 0.746. The first-order chi connectivity index (χ1) is 12.7. The van der Waals surface area contributed by atoms with E-state index in [-0.39, 0.29) is 29.1 Å². The average Bonchev–Trinajstić information content (AvgIpc) is 3.49. The molecule has 0 atom stereocenters. The third kappa shape index (κ3) is 3.15. The molecule has 4 rings (SSSR count). The van der Waals surface area contributed by atoms with E-state index in [1.807, 2.05) is 0 Å². The molecule has 1 aliphatic rings. The number of amides is 1. The molecule has 1 N–H and O–H groups in total. The Morgan fingerprint density at radius 2 is 2.04 bits per heavy atom. The van der Waals surface area contributed by atoms with Crippen LogP contribution in [-0.2, 0) is 18.0 Å². The maximum absolute atomic E-state index is 13.5. The molecule has 0 aliphatic heterocycles. The second-order valence-corrected chi connectivity index (χ2v) is 6.07. The van der Waals surface area contributed by atoms with Crippen LogP contribution in [0.3, 0.4) is 0 Å². The molecule has 1 amide bonds. The minimum atomic E-state index is -0.874. The van der Waals surface area contributed by atoms with Gasteiger partial charge in [-0.15, -0.1) is 0 Å². The van der Waals surface area contributed by atoms with Gasteiger partial charge < -0.3 is 0 Å². The molecule has 1 saturated carbocycles. The number of nitrogens with zero attached hydrogens (tertiary/aromatic N) is 5. The first-order valence-corrected chi connectivity index (χ1v) is 8.19. The molecular formula is C17H15FN6O2. The molecule has 132 valence electrons. The van der Waals surface area contributed by atoms with E-state index in [4.69, 9.17) is 0 Å². The lowest BCUT2D eigenvalue weighted by molar-refractivity contribution is -0.117. The van der Waals surface area contributed by atoms with Gasteiger partial charge in [0, 0.05) is 24.0 Å². The molecule has 9 heteroatoms. The Bertz CT molecular complexity index is 1030. The van der Waals surface area contributed by atoms with Crippen LogP contribution < -0.4 is 10.9 Å². The Hall–Kier alpha value is -3.23. The van der Waals surface area contributed by atoms with Crippen LogP contribution in [0.4, 0.5) is 10.3 Å². The monoisotopic (exact) mass is 354 g/mol. The Morgan fingerprint density at radius 1 is 1.27 bits per heavy atom. The molecule has 0 spiro atoms. The number of carbonyl (C=O) groups is 1. The van der Waals surface area contributed by atoms with Gasteiger partial charge >= 0.3 is 0 Å². The van der Waals surface area contributed by atoms with E-state index in [9.17, 15) is 14.0 Å². The normalized spacial score (nSPS) is 13.7. The van der Waals surface area contributed by atoms with Crippen LogP contribution in [0.15, 0.2) is 35.4 Å². The van der Waals surface area contributed by atoms with E-state index in [0.29, 0.717) is 5.92 Å². The van der Waals surface area contributed by atoms with Crippen LogP contribution in [0.2, 0.25) is 0 Å². The number of carbonyl (C=O) groups excluding carboxylic acids is 1. The number of pyridine rings is 1. The highest BCUT2D eigenvalue weighted by Gasteiger charge is 2.26. The number of halogens is 1. The summed E-state index contributed by atoms with van der Waals surface area (Å²) in [5, 5.41) is 6.70. The van der Waals surface area contributed by atoms with Crippen LogP contribution in [0, 0.1) is 0 Å². The fourth-order valence-electron chi connectivity index (χ4n) is 2.71. The van der Waals surface area contributed by atoms with Crippen molar-refractivity contribution in [2.24, 2.45) is 0 Å². The zero-order chi connectivity index (χ0) is 18.1. The predicted octanol–water partition coefficient (Wildman–Crippen LogP) is 1.57. The largest absolute Gasteiger partial charge is 0.293 e. The summed E-state index contributed by atoms with van der Waals surface area (Å²) in [4.78, 5) is 36.9. The summed E-state index contributed by atoms with van der Waals surface area (Å²) in [6, 6.07) is 5.03. The highest BCUT2D eigenvalue weighted by Crippen LogP contribution is 2.39. The second-order valence-electron chi connectivity index (χ2n) is 6.07. The molecule has 3 aromatic heterocycles. The first kappa shape index (κ1) is 16.2.